The molecule has 1 aromatic rings. The summed E-state index contributed by atoms with van der Waals surface area (Å²) in [5, 5.41) is 3.44. The van der Waals surface area contributed by atoms with Crippen LogP contribution in [-0.2, 0) is 6.54 Å². The molecule has 3 atom stereocenters. The maximum atomic E-state index is 12.9. The monoisotopic (exact) mass is 342 g/mol. The Kier molecular flexibility index (Phi) is 4.80. The van der Waals surface area contributed by atoms with Gasteiger partial charge in [0.2, 0.25) is 0 Å². The standard InChI is InChI=1S/C17H21F3N2S/c18-17(19,20)11-22(10-12-4-2-1-3-5-12)16(23)21-15-9-13-6-7-14(15)8-13/h1-5,13-15H,6-11H2,(H,21,23)/t13-,14-,15-/m1/s1. The van der Waals surface area contributed by atoms with Gasteiger partial charge in [0, 0.05) is 12.6 Å². The molecule has 2 nitrogen and oxygen atoms in total. The molecule has 126 valence electrons. The lowest BCUT2D eigenvalue weighted by Gasteiger charge is -2.31. The first-order chi connectivity index (χ1) is 10.9. The predicted octanol–water partition coefficient (Wildman–Crippen LogP) is 4.11. The molecule has 1 N–H and O–H groups in total. The number of fused-ring (bicyclic) bond motifs is 2. The van der Waals surface area contributed by atoms with Crippen molar-refractivity contribution in [1.82, 2.24) is 10.2 Å². The predicted molar refractivity (Wildman–Crippen MR) is 87.9 cm³/mol. The number of halogens is 3. The zero-order chi connectivity index (χ0) is 16.4. The quantitative estimate of drug-likeness (QED) is 0.829. The highest BCUT2D eigenvalue weighted by atomic mass is 32.1. The van der Waals surface area contributed by atoms with Gasteiger partial charge in [0.1, 0.15) is 6.54 Å². The van der Waals surface area contributed by atoms with Crippen molar-refractivity contribution < 1.29 is 13.2 Å². The highest BCUT2D eigenvalue weighted by Gasteiger charge is 2.40. The fourth-order valence-electron chi connectivity index (χ4n) is 3.89. The van der Waals surface area contributed by atoms with Gasteiger partial charge < -0.3 is 10.2 Å². The van der Waals surface area contributed by atoms with E-state index in [1.54, 1.807) is 0 Å². The number of hydrogen-bond acceptors (Lipinski definition) is 1. The van der Waals surface area contributed by atoms with E-state index in [2.05, 4.69) is 5.32 Å². The summed E-state index contributed by atoms with van der Waals surface area (Å²) in [5.41, 5.74) is 0.828. The summed E-state index contributed by atoms with van der Waals surface area (Å²) in [6.45, 7) is -0.846. The Hall–Kier alpha value is -1.30. The molecule has 2 aliphatic rings. The number of nitrogens with zero attached hydrogens (tertiary/aromatic N) is 1. The van der Waals surface area contributed by atoms with E-state index in [1.807, 2.05) is 30.3 Å². The molecular formula is C17H21F3N2S. The van der Waals surface area contributed by atoms with E-state index in [0.29, 0.717) is 5.92 Å². The van der Waals surface area contributed by atoms with Crippen molar-refractivity contribution >= 4 is 17.3 Å². The van der Waals surface area contributed by atoms with Gasteiger partial charge in [-0.25, -0.2) is 0 Å². The van der Waals surface area contributed by atoms with Gasteiger partial charge in [-0.15, -0.1) is 0 Å². The Morgan fingerprint density at radius 3 is 2.48 bits per heavy atom. The summed E-state index contributed by atoms with van der Waals surface area (Å²) in [4.78, 5) is 1.23. The first-order valence-corrected chi connectivity index (χ1v) is 8.47. The molecule has 0 spiro atoms. The van der Waals surface area contributed by atoms with Crippen LogP contribution < -0.4 is 5.32 Å². The van der Waals surface area contributed by atoms with Crippen LogP contribution in [0.25, 0.3) is 0 Å². The van der Waals surface area contributed by atoms with Crippen LogP contribution in [0, 0.1) is 11.8 Å². The van der Waals surface area contributed by atoms with Crippen LogP contribution in [0.4, 0.5) is 13.2 Å². The van der Waals surface area contributed by atoms with Crippen LogP contribution in [0.1, 0.15) is 31.2 Å². The fraction of sp³-hybridized carbons (Fsp3) is 0.588. The number of nitrogens with one attached hydrogen (secondary N) is 1. The third-order valence-corrected chi connectivity index (χ3v) is 5.30. The molecule has 0 heterocycles. The molecule has 2 saturated carbocycles. The third-order valence-electron chi connectivity index (χ3n) is 4.92. The van der Waals surface area contributed by atoms with Gasteiger partial charge in [-0.3, -0.25) is 0 Å². The molecule has 3 rings (SSSR count). The zero-order valence-corrected chi connectivity index (χ0v) is 13.7. The zero-order valence-electron chi connectivity index (χ0n) is 12.9. The van der Waals surface area contributed by atoms with Crippen molar-refractivity contribution in [3.05, 3.63) is 35.9 Å². The van der Waals surface area contributed by atoms with Gasteiger partial charge in [0.25, 0.3) is 0 Å². The lowest BCUT2D eigenvalue weighted by atomic mass is 9.95. The second kappa shape index (κ2) is 6.67. The molecule has 0 saturated heterocycles. The molecule has 0 radical (unpaired) electrons. The number of alkyl halides is 3. The van der Waals surface area contributed by atoms with Gasteiger partial charge in [-0.05, 0) is 48.9 Å². The van der Waals surface area contributed by atoms with E-state index in [9.17, 15) is 13.2 Å². The second-order valence-electron chi connectivity index (χ2n) is 6.69. The molecule has 0 unspecified atom stereocenters. The average Bonchev–Trinajstić information content (AvgIpc) is 3.09. The number of hydrogen-bond donors (Lipinski definition) is 1. The normalized spacial score (nSPS) is 26.3. The van der Waals surface area contributed by atoms with E-state index in [-0.39, 0.29) is 17.7 Å². The van der Waals surface area contributed by atoms with E-state index in [0.717, 1.165) is 17.9 Å². The van der Waals surface area contributed by atoms with E-state index in [1.165, 1.54) is 24.2 Å². The van der Waals surface area contributed by atoms with Crippen molar-refractivity contribution in [3.8, 4) is 0 Å². The Labute approximate surface area is 140 Å². The Balaban J connectivity index is 1.65. The Bertz CT molecular complexity index is 547. The van der Waals surface area contributed by atoms with Crippen LogP contribution in [-0.4, -0.2) is 28.8 Å². The fourth-order valence-corrected chi connectivity index (χ4v) is 4.17. The summed E-state index contributed by atoms with van der Waals surface area (Å²) in [6, 6.07) is 9.39. The van der Waals surface area contributed by atoms with Crippen LogP contribution in [0.3, 0.4) is 0 Å². The lowest BCUT2D eigenvalue weighted by Crippen LogP contribution is -2.48. The molecule has 1 aromatic carbocycles. The van der Waals surface area contributed by atoms with Crippen LogP contribution >= 0.6 is 12.2 Å². The van der Waals surface area contributed by atoms with Crippen molar-refractivity contribution in [2.75, 3.05) is 6.54 Å². The lowest BCUT2D eigenvalue weighted by molar-refractivity contribution is -0.138. The largest absolute Gasteiger partial charge is 0.406 e. The molecule has 0 aromatic heterocycles. The molecule has 2 aliphatic carbocycles. The Morgan fingerprint density at radius 2 is 1.91 bits per heavy atom. The van der Waals surface area contributed by atoms with Gasteiger partial charge >= 0.3 is 6.18 Å². The third kappa shape index (κ3) is 4.37. The second-order valence-corrected chi connectivity index (χ2v) is 7.07. The van der Waals surface area contributed by atoms with Crippen LogP contribution in [0.2, 0.25) is 0 Å². The van der Waals surface area contributed by atoms with Gasteiger partial charge in [0.05, 0.1) is 0 Å². The average molecular weight is 342 g/mol. The minimum Gasteiger partial charge on any atom is -0.360 e. The Morgan fingerprint density at radius 1 is 1.17 bits per heavy atom. The minimum absolute atomic E-state index is 0.174. The van der Waals surface area contributed by atoms with E-state index >= 15 is 0 Å². The minimum atomic E-state index is -4.27. The van der Waals surface area contributed by atoms with E-state index < -0.39 is 12.7 Å². The van der Waals surface area contributed by atoms with Crippen molar-refractivity contribution in [2.24, 2.45) is 11.8 Å². The van der Waals surface area contributed by atoms with Crippen molar-refractivity contribution in [2.45, 2.75) is 44.4 Å². The first kappa shape index (κ1) is 16.6. The van der Waals surface area contributed by atoms with E-state index in [4.69, 9.17) is 12.2 Å². The summed E-state index contributed by atoms with van der Waals surface area (Å²) in [5.74, 6) is 1.30. The summed E-state index contributed by atoms with van der Waals surface area (Å²) < 4.78 is 38.7. The first-order valence-electron chi connectivity index (χ1n) is 8.07. The SMILES string of the molecule is FC(F)(F)CN(Cc1ccccc1)C(=S)N[C@@H]1C[C@@H]2CC[C@@H]1C2. The van der Waals surface area contributed by atoms with Crippen molar-refractivity contribution in [1.29, 1.82) is 0 Å². The van der Waals surface area contributed by atoms with Gasteiger partial charge in [-0.2, -0.15) is 13.2 Å². The highest BCUT2D eigenvalue weighted by molar-refractivity contribution is 7.80. The summed E-state index contributed by atoms with van der Waals surface area (Å²) in [6.07, 6.45) is 0.387. The maximum Gasteiger partial charge on any atom is 0.406 e. The summed E-state index contributed by atoms with van der Waals surface area (Å²) >= 11 is 5.31. The molecular weight excluding hydrogens is 321 g/mol. The number of rotatable bonds is 4. The van der Waals surface area contributed by atoms with Gasteiger partial charge in [0.15, 0.2) is 5.11 Å². The molecule has 23 heavy (non-hydrogen) atoms. The molecule has 6 heteroatoms. The smallest absolute Gasteiger partial charge is 0.360 e. The molecule has 0 aliphatic heterocycles. The number of benzene rings is 1. The maximum absolute atomic E-state index is 12.9. The van der Waals surface area contributed by atoms with Crippen LogP contribution in [0.15, 0.2) is 30.3 Å². The number of thiocarbonyl (C=S) groups is 1. The van der Waals surface area contributed by atoms with Crippen molar-refractivity contribution in [3.63, 3.8) is 0 Å². The summed E-state index contributed by atoms with van der Waals surface area (Å²) in [7, 11) is 0. The van der Waals surface area contributed by atoms with Crippen LogP contribution in [0.5, 0.6) is 0 Å². The molecule has 0 amide bonds. The topological polar surface area (TPSA) is 15.3 Å². The highest BCUT2D eigenvalue weighted by Crippen LogP contribution is 2.44. The molecule has 2 bridgehead atoms. The van der Waals surface area contributed by atoms with Gasteiger partial charge in [-0.1, -0.05) is 36.8 Å². The molecule has 2 fully saturated rings.